The zero-order valence-corrected chi connectivity index (χ0v) is 16.9. The number of aryl methyl sites for hydroxylation is 2. The second-order valence-electron chi connectivity index (χ2n) is 7.13. The van der Waals surface area contributed by atoms with Crippen molar-refractivity contribution in [3.63, 3.8) is 0 Å². The quantitative estimate of drug-likeness (QED) is 0.433. The van der Waals surface area contributed by atoms with Gasteiger partial charge in [-0.1, -0.05) is 6.07 Å². The minimum atomic E-state index is -4.42. The number of rotatable bonds is 4. The zero-order chi connectivity index (χ0) is 22.5. The fourth-order valence-corrected chi connectivity index (χ4v) is 3.39. The van der Waals surface area contributed by atoms with Crippen LogP contribution in [0.3, 0.4) is 0 Å². The Kier molecular flexibility index (Phi) is 4.47. The maximum Gasteiger partial charge on any atom is 0.416 e. The van der Waals surface area contributed by atoms with E-state index in [1.165, 1.54) is 12.4 Å². The van der Waals surface area contributed by atoms with Gasteiger partial charge in [-0.3, -0.25) is 4.68 Å². The first-order valence-corrected chi connectivity index (χ1v) is 9.51. The highest BCUT2D eigenvalue weighted by Gasteiger charge is 2.30. The average Bonchev–Trinajstić information content (AvgIpc) is 3.28. The van der Waals surface area contributed by atoms with Crippen LogP contribution in [-0.2, 0) is 20.3 Å². The third-order valence-corrected chi connectivity index (χ3v) is 5.01. The summed E-state index contributed by atoms with van der Waals surface area (Å²) in [7, 11) is 3.55. The van der Waals surface area contributed by atoms with Crippen molar-refractivity contribution < 1.29 is 17.9 Å². The molecule has 0 unspecified atom stereocenters. The molecule has 0 saturated heterocycles. The van der Waals surface area contributed by atoms with Crippen LogP contribution in [0.4, 0.5) is 24.8 Å². The fourth-order valence-electron chi connectivity index (χ4n) is 3.39. The molecule has 0 aliphatic carbocycles. The van der Waals surface area contributed by atoms with Crippen LogP contribution in [0.5, 0.6) is 11.6 Å². The van der Waals surface area contributed by atoms with Gasteiger partial charge in [0.25, 0.3) is 0 Å². The van der Waals surface area contributed by atoms with E-state index in [-0.39, 0.29) is 5.69 Å². The Hall–Kier alpha value is -4.15. The lowest BCUT2D eigenvalue weighted by atomic mass is 10.2. The van der Waals surface area contributed by atoms with Crippen molar-refractivity contribution in [1.82, 2.24) is 29.3 Å². The summed E-state index contributed by atoms with van der Waals surface area (Å²) in [6.07, 6.45) is -1.40. The Labute approximate surface area is 179 Å². The molecule has 0 saturated carbocycles. The average molecular weight is 439 g/mol. The summed E-state index contributed by atoms with van der Waals surface area (Å²) < 4.78 is 48.3. The lowest BCUT2D eigenvalue weighted by Crippen LogP contribution is -2.06. The number of fused-ring (bicyclic) bond motifs is 2. The van der Waals surface area contributed by atoms with Gasteiger partial charge in [-0.2, -0.15) is 18.3 Å². The summed E-state index contributed by atoms with van der Waals surface area (Å²) in [5.41, 5.74) is 1.58. The highest BCUT2D eigenvalue weighted by atomic mass is 19.4. The predicted octanol–water partition coefficient (Wildman–Crippen LogP) is 4.80. The first-order valence-electron chi connectivity index (χ1n) is 9.51. The van der Waals surface area contributed by atoms with Crippen LogP contribution in [0.2, 0.25) is 0 Å². The van der Waals surface area contributed by atoms with Crippen LogP contribution in [0.15, 0.2) is 55.0 Å². The molecule has 0 bridgehead atoms. The van der Waals surface area contributed by atoms with E-state index in [0.717, 1.165) is 17.6 Å². The number of halogens is 3. The third-order valence-electron chi connectivity index (χ3n) is 5.01. The molecule has 11 heteroatoms. The zero-order valence-electron chi connectivity index (χ0n) is 16.9. The smallest absolute Gasteiger partial charge is 0.416 e. The number of nitrogens with zero attached hydrogens (tertiary/aromatic N) is 6. The van der Waals surface area contributed by atoms with Gasteiger partial charge in [0.15, 0.2) is 5.65 Å². The highest BCUT2D eigenvalue weighted by molar-refractivity contribution is 5.82. The molecule has 1 N–H and O–H groups in total. The molecule has 0 aliphatic rings. The van der Waals surface area contributed by atoms with Gasteiger partial charge in [-0.15, -0.1) is 0 Å². The summed E-state index contributed by atoms with van der Waals surface area (Å²) in [6.45, 7) is 0. The van der Waals surface area contributed by atoms with Gasteiger partial charge in [0.2, 0.25) is 11.8 Å². The van der Waals surface area contributed by atoms with Crippen molar-refractivity contribution in [1.29, 1.82) is 0 Å². The summed E-state index contributed by atoms with van der Waals surface area (Å²) in [6, 6.07) is 10.3. The van der Waals surface area contributed by atoms with Crippen LogP contribution in [0.1, 0.15) is 5.56 Å². The molecular weight excluding hydrogens is 423 g/mol. The Bertz CT molecular complexity index is 1460. The number of ether oxygens (including phenoxy) is 1. The predicted molar refractivity (Wildman–Crippen MR) is 112 cm³/mol. The molecule has 162 valence electrons. The number of nitrogens with one attached hydrogen (secondary N) is 1. The van der Waals surface area contributed by atoms with E-state index < -0.39 is 11.7 Å². The van der Waals surface area contributed by atoms with E-state index in [9.17, 15) is 13.2 Å². The largest absolute Gasteiger partial charge is 0.438 e. The topological polar surface area (TPSA) is 82.7 Å². The van der Waals surface area contributed by atoms with Crippen molar-refractivity contribution in [2.24, 2.45) is 14.1 Å². The fraction of sp³-hybridized carbons (Fsp3) is 0.143. The number of hydrogen-bond acceptors (Lipinski definition) is 6. The van der Waals surface area contributed by atoms with Crippen LogP contribution in [0, 0.1) is 0 Å². The monoisotopic (exact) mass is 439 g/mol. The van der Waals surface area contributed by atoms with Crippen molar-refractivity contribution in [2.45, 2.75) is 6.18 Å². The number of imidazole rings is 1. The summed E-state index contributed by atoms with van der Waals surface area (Å²) in [4.78, 5) is 12.9. The van der Waals surface area contributed by atoms with Gasteiger partial charge < -0.3 is 14.6 Å². The van der Waals surface area contributed by atoms with Crippen molar-refractivity contribution in [3.05, 3.63) is 60.6 Å². The Balaban J connectivity index is 1.46. The Morgan fingerprint density at radius 3 is 2.69 bits per heavy atom. The van der Waals surface area contributed by atoms with Gasteiger partial charge >= 0.3 is 6.18 Å². The number of benzene rings is 2. The van der Waals surface area contributed by atoms with E-state index in [2.05, 4.69) is 25.4 Å². The molecule has 3 aromatic heterocycles. The Morgan fingerprint density at radius 1 is 1.03 bits per heavy atom. The number of alkyl halides is 3. The van der Waals surface area contributed by atoms with Gasteiger partial charge in [0.1, 0.15) is 17.5 Å². The first-order chi connectivity index (χ1) is 15.3. The van der Waals surface area contributed by atoms with Crippen LogP contribution in [-0.4, -0.2) is 29.3 Å². The molecule has 0 amide bonds. The highest BCUT2D eigenvalue weighted by Crippen LogP contribution is 2.33. The van der Waals surface area contributed by atoms with Gasteiger partial charge in [-0.05, 0) is 30.3 Å². The molecule has 8 nitrogen and oxygen atoms in total. The maximum atomic E-state index is 13.0. The third kappa shape index (κ3) is 3.47. The second kappa shape index (κ2) is 7.22. The summed E-state index contributed by atoms with van der Waals surface area (Å²) >= 11 is 0. The molecule has 5 rings (SSSR count). The molecule has 5 aromatic rings. The van der Waals surface area contributed by atoms with E-state index in [1.807, 2.05) is 6.07 Å². The molecule has 2 aromatic carbocycles. The molecule has 0 radical (unpaired) electrons. The van der Waals surface area contributed by atoms with Crippen molar-refractivity contribution in [3.8, 4) is 11.6 Å². The first kappa shape index (κ1) is 19.8. The lowest BCUT2D eigenvalue weighted by Gasteiger charge is -2.10. The van der Waals surface area contributed by atoms with E-state index in [4.69, 9.17) is 4.74 Å². The number of anilines is 2. The van der Waals surface area contributed by atoms with Crippen molar-refractivity contribution in [2.75, 3.05) is 5.32 Å². The molecule has 0 aliphatic heterocycles. The summed E-state index contributed by atoms with van der Waals surface area (Å²) in [5.74, 6) is 1.26. The molecule has 3 heterocycles. The normalized spacial score (nSPS) is 11.9. The van der Waals surface area contributed by atoms with Crippen LogP contribution < -0.4 is 10.1 Å². The minimum Gasteiger partial charge on any atom is -0.438 e. The van der Waals surface area contributed by atoms with Gasteiger partial charge in [0, 0.05) is 25.8 Å². The molecular formula is C21H16F3N7O. The van der Waals surface area contributed by atoms with E-state index in [1.54, 1.807) is 47.7 Å². The molecule has 0 spiro atoms. The lowest BCUT2D eigenvalue weighted by molar-refractivity contribution is -0.137. The number of aromatic nitrogens is 6. The van der Waals surface area contributed by atoms with Gasteiger partial charge in [0.05, 0.1) is 22.8 Å². The van der Waals surface area contributed by atoms with Crippen LogP contribution in [0.25, 0.3) is 22.1 Å². The Morgan fingerprint density at radius 2 is 1.88 bits per heavy atom. The van der Waals surface area contributed by atoms with Crippen molar-refractivity contribution >= 4 is 33.7 Å². The molecule has 0 atom stereocenters. The number of hydrogen-bond donors (Lipinski definition) is 1. The molecule has 0 fully saturated rings. The summed E-state index contributed by atoms with van der Waals surface area (Å²) in [5, 5.41) is 7.78. The SMILES string of the molecule is Cn1ncc2c(Oc3ccc4c(c3)nc(Nc3cccc(C(F)(F)F)c3)n4C)ncnc21. The second-order valence-corrected chi connectivity index (χ2v) is 7.13. The van der Waals surface area contributed by atoms with E-state index in [0.29, 0.717) is 34.1 Å². The van der Waals surface area contributed by atoms with Crippen LogP contribution >= 0.6 is 0 Å². The standard InChI is InChI=1S/C21H16F3N7O/c1-30-17-7-6-14(32-19-15-10-27-31(2)18(15)25-11-26-19)9-16(17)29-20(30)28-13-5-3-4-12(8-13)21(22,23)24/h3-11H,1-2H3,(H,28,29). The molecule has 32 heavy (non-hydrogen) atoms. The van der Waals surface area contributed by atoms with Gasteiger partial charge in [-0.25, -0.2) is 15.0 Å². The minimum absolute atomic E-state index is 0.287. The van der Waals surface area contributed by atoms with E-state index >= 15 is 0 Å². The maximum absolute atomic E-state index is 13.0.